The van der Waals surface area contributed by atoms with Crippen LogP contribution in [0.25, 0.3) is 11.4 Å². The summed E-state index contributed by atoms with van der Waals surface area (Å²) in [6, 6.07) is 6.50. The summed E-state index contributed by atoms with van der Waals surface area (Å²) in [5.41, 5.74) is 0.876. The Hall–Kier alpha value is -3.21. The standard InChI is InChI=1S/C19H17F3N4O4/c1-25(13-14(16(28)15(13)27)26-8-12(9-26)29-2)7-10-3-5-11(6-4-10)17-23-18(30-24-17)19(20,21)22/h3-6,12H,7-9H2,1-2H3. The summed E-state index contributed by atoms with van der Waals surface area (Å²) in [5.74, 6) is -1.58. The highest BCUT2D eigenvalue weighted by atomic mass is 19.4. The summed E-state index contributed by atoms with van der Waals surface area (Å²) in [7, 11) is 3.30. The molecule has 0 spiro atoms. The van der Waals surface area contributed by atoms with Gasteiger partial charge >= 0.3 is 12.1 Å². The third kappa shape index (κ3) is 3.45. The molecule has 0 N–H and O–H groups in total. The number of hydrogen-bond acceptors (Lipinski definition) is 8. The fraction of sp³-hybridized carbons (Fsp3) is 0.368. The molecule has 0 saturated carbocycles. The van der Waals surface area contributed by atoms with Crippen molar-refractivity contribution in [1.29, 1.82) is 0 Å². The molecule has 158 valence electrons. The number of alkyl halides is 3. The monoisotopic (exact) mass is 422 g/mol. The van der Waals surface area contributed by atoms with Crippen molar-refractivity contribution >= 4 is 11.4 Å². The van der Waals surface area contributed by atoms with E-state index in [1.54, 1.807) is 43.3 Å². The predicted molar refractivity (Wildman–Crippen MR) is 101 cm³/mol. The molecule has 1 fully saturated rings. The summed E-state index contributed by atoms with van der Waals surface area (Å²) in [5, 5.41) is 3.35. The first-order valence-electron chi connectivity index (χ1n) is 9.01. The minimum absolute atomic E-state index is 0.0445. The van der Waals surface area contributed by atoms with Crippen molar-refractivity contribution in [2.24, 2.45) is 0 Å². The summed E-state index contributed by atoms with van der Waals surface area (Å²) in [4.78, 5) is 31.0. The quantitative estimate of drug-likeness (QED) is 0.556. The number of benzene rings is 1. The minimum atomic E-state index is -4.70. The van der Waals surface area contributed by atoms with Gasteiger partial charge in [-0.3, -0.25) is 9.59 Å². The Kier molecular flexibility index (Phi) is 4.85. The maximum absolute atomic E-state index is 12.6. The fourth-order valence-electron chi connectivity index (χ4n) is 3.35. The average molecular weight is 422 g/mol. The van der Waals surface area contributed by atoms with E-state index in [0.29, 0.717) is 36.6 Å². The molecule has 0 atom stereocenters. The molecule has 11 heteroatoms. The van der Waals surface area contributed by atoms with Crippen molar-refractivity contribution in [2.75, 3.05) is 37.0 Å². The first kappa shape index (κ1) is 20.1. The highest BCUT2D eigenvalue weighted by molar-refractivity contribution is 5.77. The SMILES string of the molecule is COC1CN(c2c(N(C)Cc3ccc(-c4noc(C(F)(F)F)n4)cc3)c(=O)c2=O)C1. The fourth-order valence-corrected chi connectivity index (χ4v) is 3.35. The molecular formula is C19H17F3N4O4. The van der Waals surface area contributed by atoms with Crippen LogP contribution >= 0.6 is 0 Å². The van der Waals surface area contributed by atoms with E-state index >= 15 is 0 Å². The molecule has 2 heterocycles. The van der Waals surface area contributed by atoms with E-state index < -0.39 is 22.9 Å². The topological polar surface area (TPSA) is 88.8 Å². The predicted octanol–water partition coefficient (Wildman–Crippen LogP) is 1.82. The Morgan fingerprint density at radius 1 is 1.20 bits per heavy atom. The van der Waals surface area contributed by atoms with Gasteiger partial charge in [0.15, 0.2) is 0 Å². The van der Waals surface area contributed by atoms with Gasteiger partial charge in [0.1, 0.15) is 11.4 Å². The largest absolute Gasteiger partial charge is 0.471 e. The van der Waals surface area contributed by atoms with Gasteiger partial charge in [-0.1, -0.05) is 29.4 Å². The molecule has 0 amide bonds. The van der Waals surface area contributed by atoms with Crippen LogP contribution in [0.1, 0.15) is 11.5 Å². The van der Waals surface area contributed by atoms with Gasteiger partial charge in [0.25, 0.3) is 10.9 Å². The van der Waals surface area contributed by atoms with E-state index in [0.717, 1.165) is 5.56 Å². The van der Waals surface area contributed by atoms with E-state index in [1.165, 1.54) is 0 Å². The number of methoxy groups -OCH3 is 1. The van der Waals surface area contributed by atoms with Crippen LogP contribution in [0.15, 0.2) is 38.4 Å². The van der Waals surface area contributed by atoms with E-state index in [1.807, 2.05) is 4.90 Å². The van der Waals surface area contributed by atoms with Crippen LogP contribution in [0.4, 0.5) is 24.5 Å². The smallest absolute Gasteiger partial charge is 0.378 e. The highest BCUT2D eigenvalue weighted by Crippen LogP contribution is 2.31. The third-order valence-electron chi connectivity index (χ3n) is 5.04. The number of ether oxygens (including phenoxy) is 1. The Morgan fingerprint density at radius 3 is 2.43 bits per heavy atom. The average Bonchev–Trinajstić information content (AvgIpc) is 3.17. The van der Waals surface area contributed by atoms with Crippen LogP contribution in [0.2, 0.25) is 0 Å². The zero-order valence-electron chi connectivity index (χ0n) is 16.1. The van der Waals surface area contributed by atoms with Gasteiger partial charge in [-0.25, -0.2) is 0 Å². The Labute approximate surface area is 168 Å². The Balaban J connectivity index is 1.47. The van der Waals surface area contributed by atoms with Gasteiger partial charge in [0, 0.05) is 39.4 Å². The van der Waals surface area contributed by atoms with E-state index in [2.05, 4.69) is 14.7 Å². The second kappa shape index (κ2) is 7.24. The number of aromatic nitrogens is 2. The molecule has 1 aliphatic heterocycles. The number of hydrogen-bond donors (Lipinski definition) is 0. The number of nitrogens with zero attached hydrogens (tertiary/aromatic N) is 4. The normalized spacial score (nSPS) is 14.9. The van der Waals surface area contributed by atoms with Gasteiger partial charge in [0.2, 0.25) is 5.82 Å². The summed E-state index contributed by atoms with van der Waals surface area (Å²) in [6.45, 7) is 1.45. The zero-order chi connectivity index (χ0) is 21.6. The maximum Gasteiger partial charge on any atom is 0.471 e. The number of halogens is 3. The molecule has 0 unspecified atom stereocenters. The second-order valence-corrected chi connectivity index (χ2v) is 7.09. The van der Waals surface area contributed by atoms with Crippen LogP contribution in [-0.4, -0.2) is 43.5 Å². The molecule has 3 aromatic rings. The van der Waals surface area contributed by atoms with Crippen molar-refractivity contribution in [1.82, 2.24) is 10.1 Å². The molecule has 4 rings (SSSR count). The molecule has 1 aromatic heterocycles. The lowest BCUT2D eigenvalue weighted by atomic mass is 10.0. The van der Waals surface area contributed by atoms with Crippen molar-refractivity contribution < 1.29 is 22.4 Å². The zero-order valence-corrected chi connectivity index (χ0v) is 16.1. The molecule has 0 radical (unpaired) electrons. The first-order chi connectivity index (χ1) is 14.2. The molecule has 1 saturated heterocycles. The summed E-state index contributed by atoms with van der Waals surface area (Å²) >= 11 is 0. The molecule has 0 bridgehead atoms. The molecule has 30 heavy (non-hydrogen) atoms. The van der Waals surface area contributed by atoms with Gasteiger partial charge in [-0.15, -0.1) is 0 Å². The van der Waals surface area contributed by atoms with Crippen molar-refractivity contribution in [3.8, 4) is 11.4 Å². The van der Waals surface area contributed by atoms with E-state index in [9.17, 15) is 22.8 Å². The van der Waals surface area contributed by atoms with E-state index in [-0.39, 0.29) is 11.9 Å². The second-order valence-electron chi connectivity index (χ2n) is 7.09. The maximum atomic E-state index is 12.6. The lowest BCUT2D eigenvalue weighted by Gasteiger charge is -2.41. The summed E-state index contributed by atoms with van der Waals surface area (Å²) < 4.78 is 47.2. The molecule has 0 aliphatic carbocycles. The first-order valence-corrected chi connectivity index (χ1v) is 9.01. The van der Waals surface area contributed by atoms with Gasteiger partial charge < -0.3 is 19.1 Å². The van der Waals surface area contributed by atoms with Gasteiger partial charge in [0.05, 0.1) is 6.10 Å². The molecule has 1 aliphatic rings. The van der Waals surface area contributed by atoms with Crippen molar-refractivity contribution in [3.63, 3.8) is 0 Å². The Bertz CT molecular complexity index is 1130. The lowest BCUT2D eigenvalue weighted by Crippen LogP contribution is -2.57. The minimum Gasteiger partial charge on any atom is -0.378 e. The molecular weight excluding hydrogens is 405 g/mol. The van der Waals surface area contributed by atoms with Crippen molar-refractivity contribution in [3.05, 3.63) is 56.2 Å². The van der Waals surface area contributed by atoms with Crippen LogP contribution < -0.4 is 20.7 Å². The summed E-state index contributed by atoms with van der Waals surface area (Å²) in [6.07, 6.45) is -4.66. The Morgan fingerprint density at radius 2 is 1.87 bits per heavy atom. The molecule has 2 aromatic carbocycles. The van der Waals surface area contributed by atoms with Crippen LogP contribution in [-0.2, 0) is 17.5 Å². The van der Waals surface area contributed by atoms with E-state index in [4.69, 9.17) is 4.74 Å². The van der Waals surface area contributed by atoms with Crippen LogP contribution in [0.3, 0.4) is 0 Å². The lowest BCUT2D eigenvalue weighted by molar-refractivity contribution is -0.159. The van der Waals surface area contributed by atoms with Crippen LogP contribution in [0.5, 0.6) is 0 Å². The van der Waals surface area contributed by atoms with Crippen LogP contribution in [0, 0.1) is 0 Å². The highest BCUT2D eigenvalue weighted by Gasteiger charge is 2.38. The van der Waals surface area contributed by atoms with Crippen molar-refractivity contribution in [2.45, 2.75) is 18.8 Å². The molecule has 8 nitrogen and oxygen atoms in total. The number of anilines is 2. The third-order valence-corrected chi connectivity index (χ3v) is 5.04. The number of rotatable bonds is 6. The van der Waals surface area contributed by atoms with Gasteiger partial charge in [-0.05, 0) is 5.56 Å². The van der Waals surface area contributed by atoms with Gasteiger partial charge in [-0.2, -0.15) is 18.2 Å².